The van der Waals surface area contributed by atoms with Gasteiger partial charge in [-0.3, -0.25) is 4.79 Å². The van der Waals surface area contributed by atoms with Gasteiger partial charge in [0.25, 0.3) is 0 Å². The summed E-state index contributed by atoms with van der Waals surface area (Å²) in [7, 11) is 3.18. The standard InChI is InChI=1S/C24H24ClN3O4/c1-30-20-9-3-16(15-21(20)31-2)4-10-22(29)28-13-11-18(12-14-28)24-26-23(27-32-24)17-5-7-19(25)8-6-17/h3-10,15,18H,11-14H2,1-2H3/b10-4+. The van der Waals surface area contributed by atoms with Crippen molar-refractivity contribution < 1.29 is 18.8 Å². The molecule has 32 heavy (non-hydrogen) atoms. The van der Waals surface area contributed by atoms with Gasteiger partial charge in [-0.1, -0.05) is 22.8 Å². The van der Waals surface area contributed by atoms with Crippen LogP contribution in [-0.2, 0) is 4.79 Å². The molecule has 8 heteroatoms. The van der Waals surface area contributed by atoms with Crippen molar-refractivity contribution in [2.45, 2.75) is 18.8 Å². The van der Waals surface area contributed by atoms with Gasteiger partial charge in [-0.05, 0) is 60.9 Å². The first-order valence-corrected chi connectivity index (χ1v) is 10.7. The largest absolute Gasteiger partial charge is 0.493 e. The molecule has 2 heterocycles. The van der Waals surface area contributed by atoms with Crippen LogP contribution in [0.25, 0.3) is 17.5 Å². The Labute approximate surface area is 191 Å². The number of methoxy groups -OCH3 is 2. The summed E-state index contributed by atoms with van der Waals surface area (Å²) in [6, 6.07) is 12.9. The molecule has 0 aliphatic carbocycles. The highest BCUT2D eigenvalue weighted by Crippen LogP contribution is 2.30. The molecular weight excluding hydrogens is 430 g/mol. The molecule has 0 bridgehead atoms. The Morgan fingerprint density at radius 1 is 1.09 bits per heavy atom. The fraction of sp³-hybridized carbons (Fsp3) is 0.292. The second-order valence-corrected chi connectivity index (χ2v) is 7.95. The Kier molecular flexibility index (Phi) is 6.75. The minimum absolute atomic E-state index is 0.0226. The Hall–Kier alpha value is -3.32. The first-order chi connectivity index (χ1) is 15.6. The van der Waals surface area contributed by atoms with Crippen molar-refractivity contribution in [1.29, 1.82) is 0 Å². The number of nitrogens with zero attached hydrogens (tertiary/aromatic N) is 3. The van der Waals surface area contributed by atoms with E-state index < -0.39 is 0 Å². The van der Waals surface area contributed by atoms with E-state index in [1.807, 2.05) is 35.2 Å². The third-order valence-corrected chi connectivity index (χ3v) is 5.78. The predicted octanol–water partition coefficient (Wildman–Crippen LogP) is 4.83. The molecule has 166 valence electrons. The van der Waals surface area contributed by atoms with E-state index in [1.54, 1.807) is 38.5 Å². The smallest absolute Gasteiger partial charge is 0.246 e. The zero-order valence-corrected chi connectivity index (χ0v) is 18.7. The van der Waals surface area contributed by atoms with E-state index in [0.717, 1.165) is 24.0 Å². The van der Waals surface area contributed by atoms with Gasteiger partial charge >= 0.3 is 0 Å². The Morgan fingerprint density at radius 2 is 1.81 bits per heavy atom. The highest BCUT2D eigenvalue weighted by molar-refractivity contribution is 6.30. The van der Waals surface area contributed by atoms with Crippen LogP contribution in [0.2, 0.25) is 5.02 Å². The molecule has 1 aliphatic rings. The quantitative estimate of drug-likeness (QED) is 0.497. The molecule has 4 rings (SSSR count). The molecule has 0 N–H and O–H groups in total. The second-order valence-electron chi connectivity index (χ2n) is 7.51. The number of rotatable bonds is 6. The van der Waals surface area contributed by atoms with Gasteiger partial charge in [0.15, 0.2) is 11.5 Å². The van der Waals surface area contributed by atoms with Crippen molar-refractivity contribution in [3.63, 3.8) is 0 Å². The molecule has 0 saturated carbocycles. The zero-order chi connectivity index (χ0) is 22.5. The van der Waals surface area contributed by atoms with Crippen molar-refractivity contribution in [1.82, 2.24) is 15.0 Å². The number of hydrogen-bond donors (Lipinski definition) is 0. The minimum atomic E-state index is -0.0226. The van der Waals surface area contributed by atoms with Crippen molar-refractivity contribution in [2.75, 3.05) is 27.3 Å². The van der Waals surface area contributed by atoms with E-state index in [0.29, 0.717) is 41.3 Å². The lowest BCUT2D eigenvalue weighted by atomic mass is 9.96. The molecule has 1 aliphatic heterocycles. The fourth-order valence-electron chi connectivity index (χ4n) is 3.69. The topological polar surface area (TPSA) is 77.7 Å². The summed E-state index contributed by atoms with van der Waals surface area (Å²) in [5.74, 6) is 2.56. The molecule has 1 amide bonds. The number of aromatic nitrogens is 2. The third kappa shape index (κ3) is 4.94. The number of amides is 1. The predicted molar refractivity (Wildman–Crippen MR) is 122 cm³/mol. The van der Waals surface area contributed by atoms with Gasteiger partial charge in [0.2, 0.25) is 17.6 Å². The number of likely N-dealkylation sites (tertiary alicyclic amines) is 1. The summed E-state index contributed by atoms with van der Waals surface area (Å²) < 4.78 is 16.0. The van der Waals surface area contributed by atoms with Crippen molar-refractivity contribution in [2.24, 2.45) is 0 Å². The van der Waals surface area contributed by atoms with Crippen molar-refractivity contribution in [3.8, 4) is 22.9 Å². The zero-order valence-electron chi connectivity index (χ0n) is 18.0. The Morgan fingerprint density at radius 3 is 2.50 bits per heavy atom. The van der Waals surface area contributed by atoms with E-state index in [2.05, 4.69) is 10.1 Å². The van der Waals surface area contributed by atoms with Crippen LogP contribution in [0.4, 0.5) is 0 Å². The maximum Gasteiger partial charge on any atom is 0.246 e. The summed E-state index contributed by atoms with van der Waals surface area (Å²) in [4.78, 5) is 19.0. The van der Waals surface area contributed by atoms with Crippen LogP contribution in [0.1, 0.15) is 30.2 Å². The minimum Gasteiger partial charge on any atom is -0.493 e. The first kappa shape index (κ1) is 21.9. The molecule has 1 aromatic heterocycles. The summed E-state index contributed by atoms with van der Waals surface area (Å²) in [6.07, 6.45) is 4.93. The van der Waals surface area contributed by atoms with Gasteiger partial charge < -0.3 is 18.9 Å². The van der Waals surface area contributed by atoms with Crippen LogP contribution in [-0.4, -0.2) is 48.3 Å². The molecule has 0 radical (unpaired) electrons. The molecular formula is C24H24ClN3O4. The molecule has 1 saturated heterocycles. The number of piperidine rings is 1. The van der Waals surface area contributed by atoms with Crippen molar-refractivity contribution >= 4 is 23.6 Å². The van der Waals surface area contributed by atoms with Gasteiger partial charge in [0.05, 0.1) is 14.2 Å². The van der Waals surface area contributed by atoms with Crippen LogP contribution >= 0.6 is 11.6 Å². The first-order valence-electron chi connectivity index (χ1n) is 10.4. The summed E-state index contributed by atoms with van der Waals surface area (Å²) in [6.45, 7) is 1.27. The fourth-order valence-corrected chi connectivity index (χ4v) is 3.82. The Balaban J connectivity index is 1.34. The highest BCUT2D eigenvalue weighted by Gasteiger charge is 2.27. The third-order valence-electron chi connectivity index (χ3n) is 5.53. The summed E-state index contributed by atoms with van der Waals surface area (Å²) >= 11 is 5.94. The monoisotopic (exact) mass is 453 g/mol. The average Bonchev–Trinajstić information content (AvgIpc) is 3.33. The van der Waals surface area contributed by atoms with Gasteiger partial charge in [0.1, 0.15) is 0 Å². The molecule has 0 atom stereocenters. The van der Waals surface area contributed by atoms with E-state index in [9.17, 15) is 4.79 Å². The molecule has 0 spiro atoms. The molecule has 2 aromatic carbocycles. The van der Waals surface area contributed by atoms with E-state index >= 15 is 0 Å². The summed E-state index contributed by atoms with van der Waals surface area (Å²) in [5, 5.41) is 4.76. The van der Waals surface area contributed by atoms with Crippen LogP contribution < -0.4 is 9.47 Å². The van der Waals surface area contributed by atoms with Gasteiger partial charge in [-0.25, -0.2) is 0 Å². The van der Waals surface area contributed by atoms with Gasteiger partial charge in [-0.15, -0.1) is 0 Å². The van der Waals surface area contributed by atoms with Crippen LogP contribution in [0.15, 0.2) is 53.1 Å². The maximum atomic E-state index is 12.6. The molecule has 1 fully saturated rings. The van der Waals surface area contributed by atoms with Crippen LogP contribution in [0.5, 0.6) is 11.5 Å². The SMILES string of the molecule is COc1ccc(/C=C/C(=O)N2CCC(c3nc(-c4ccc(Cl)cc4)no3)CC2)cc1OC. The van der Waals surface area contributed by atoms with E-state index in [-0.39, 0.29) is 11.8 Å². The van der Waals surface area contributed by atoms with E-state index in [1.165, 1.54) is 0 Å². The number of halogens is 1. The highest BCUT2D eigenvalue weighted by atomic mass is 35.5. The number of benzene rings is 2. The maximum absolute atomic E-state index is 12.6. The number of carbonyl (C=O) groups excluding carboxylic acids is 1. The second kappa shape index (κ2) is 9.87. The lowest BCUT2D eigenvalue weighted by Crippen LogP contribution is -2.36. The van der Waals surface area contributed by atoms with E-state index in [4.69, 9.17) is 25.6 Å². The Bertz CT molecular complexity index is 1100. The molecule has 3 aromatic rings. The van der Waals surface area contributed by atoms with Gasteiger partial charge in [0, 0.05) is 35.7 Å². The normalized spacial score (nSPS) is 14.7. The number of ether oxygens (including phenoxy) is 2. The number of carbonyl (C=O) groups is 1. The average molecular weight is 454 g/mol. The lowest BCUT2D eigenvalue weighted by molar-refractivity contribution is -0.127. The molecule has 7 nitrogen and oxygen atoms in total. The van der Waals surface area contributed by atoms with Crippen LogP contribution in [0.3, 0.4) is 0 Å². The lowest BCUT2D eigenvalue weighted by Gasteiger charge is -2.29. The molecule has 0 unspecified atom stereocenters. The number of hydrogen-bond acceptors (Lipinski definition) is 6. The van der Waals surface area contributed by atoms with Crippen molar-refractivity contribution in [3.05, 3.63) is 65.0 Å². The van der Waals surface area contributed by atoms with Gasteiger partial charge in [-0.2, -0.15) is 4.98 Å². The van der Waals surface area contributed by atoms with Crippen LogP contribution in [0, 0.1) is 0 Å². The summed E-state index contributed by atoms with van der Waals surface area (Å²) in [5.41, 5.74) is 1.73.